The van der Waals surface area contributed by atoms with Gasteiger partial charge in [0.25, 0.3) is 0 Å². The summed E-state index contributed by atoms with van der Waals surface area (Å²) in [6.45, 7) is 0. The predicted molar refractivity (Wildman–Crippen MR) is 213 cm³/mol. The van der Waals surface area contributed by atoms with Crippen LogP contribution >= 0.6 is 0 Å². The largest absolute Gasteiger partial charge is 0.366 e. The molecule has 13 heteroatoms. The molecule has 0 aliphatic rings. The minimum Gasteiger partial charge on any atom is -0.366 e. The van der Waals surface area contributed by atoms with E-state index in [2.05, 4.69) is 101 Å². The van der Waals surface area contributed by atoms with Crippen LogP contribution in [0.15, 0.2) is 153 Å². The Morgan fingerprint density at radius 2 is 1.00 bits per heavy atom. The van der Waals surface area contributed by atoms with E-state index in [0.29, 0.717) is 23.2 Å². The molecule has 262 valence electrons. The molecule has 0 aliphatic heterocycles. The van der Waals surface area contributed by atoms with Gasteiger partial charge in [0.1, 0.15) is 0 Å². The van der Waals surface area contributed by atoms with Gasteiger partial charge in [-0.25, -0.2) is 24.3 Å². The molecule has 11 aromatic rings. The van der Waals surface area contributed by atoms with Gasteiger partial charge in [-0.15, -0.1) is 0 Å². The normalized spacial score (nSPS) is 11.6. The van der Waals surface area contributed by atoms with Crippen LogP contribution in [0.4, 0.5) is 22.7 Å². The zero-order valence-electron chi connectivity index (χ0n) is 29.0. The van der Waals surface area contributed by atoms with E-state index in [0.717, 1.165) is 72.9 Å². The molecule has 4 N–H and O–H groups in total. The lowest BCUT2D eigenvalue weighted by molar-refractivity contribution is 1.00. The van der Waals surface area contributed by atoms with Gasteiger partial charge in [0.15, 0.2) is 5.82 Å². The molecular weight excluding hydrogens is 687 g/mol. The Kier molecular flexibility index (Phi) is 6.82. The number of para-hydroxylation sites is 2. The van der Waals surface area contributed by atoms with Gasteiger partial charge in [0, 0.05) is 95.2 Å². The molecule has 3 aromatic carbocycles. The highest BCUT2D eigenvalue weighted by Gasteiger charge is 2.26. The second kappa shape index (κ2) is 12.3. The monoisotopic (exact) mass is 715 g/mol. The summed E-state index contributed by atoms with van der Waals surface area (Å²) in [5.41, 5.74) is 9.88. The Morgan fingerprint density at radius 3 is 1.47 bits per heavy atom. The summed E-state index contributed by atoms with van der Waals surface area (Å²) < 4.78 is 6.15. The van der Waals surface area contributed by atoms with Crippen LogP contribution in [0.3, 0.4) is 0 Å². The van der Waals surface area contributed by atoms with Crippen LogP contribution in [0.1, 0.15) is 0 Å². The summed E-state index contributed by atoms with van der Waals surface area (Å²) in [5.74, 6) is 1.56. The third kappa shape index (κ3) is 5.17. The Bertz CT molecular complexity index is 2890. The molecule has 0 radical (unpaired) electrons. The number of aromatic nitrogens is 11. The van der Waals surface area contributed by atoms with Crippen molar-refractivity contribution in [1.29, 1.82) is 0 Å². The Hall–Kier alpha value is -8.06. The van der Waals surface area contributed by atoms with E-state index in [-0.39, 0.29) is 0 Å². The average Bonchev–Trinajstić information content (AvgIpc) is 4.10. The Morgan fingerprint density at radius 1 is 0.491 bits per heavy atom. The first-order valence-corrected chi connectivity index (χ1v) is 17.7. The first kappa shape index (κ1) is 30.6. The second-order valence-electron chi connectivity index (χ2n) is 13.1. The number of rotatable bonds is 9. The van der Waals surface area contributed by atoms with Gasteiger partial charge in [0.05, 0.1) is 39.7 Å². The fourth-order valence-electron chi connectivity index (χ4n) is 7.19. The first-order chi connectivity index (χ1) is 27.2. The highest BCUT2D eigenvalue weighted by Crippen LogP contribution is 2.43. The molecule has 0 bridgehead atoms. The summed E-state index contributed by atoms with van der Waals surface area (Å²) in [5, 5.41) is 9.09. The summed E-state index contributed by atoms with van der Waals surface area (Å²) in [7, 11) is 0. The van der Waals surface area contributed by atoms with Gasteiger partial charge < -0.3 is 29.7 Å². The Balaban J connectivity index is 1.20. The molecule has 0 unspecified atom stereocenters. The van der Waals surface area contributed by atoms with Gasteiger partial charge in [0.2, 0.25) is 17.4 Å². The number of H-pyrrole nitrogens is 2. The van der Waals surface area contributed by atoms with Crippen molar-refractivity contribution in [1.82, 2.24) is 53.4 Å². The molecule has 55 heavy (non-hydrogen) atoms. The van der Waals surface area contributed by atoms with Gasteiger partial charge >= 0.3 is 0 Å². The second-order valence-corrected chi connectivity index (χ2v) is 13.1. The molecule has 0 atom stereocenters. The third-order valence-corrected chi connectivity index (χ3v) is 9.69. The van der Waals surface area contributed by atoms with Crippen molar-refractivity contribution in [2.24, 2.45) is 0 Å². The van der Waals surface area contributed by atoms with E-state index in [1.807, 2.05) is 77.7 Å². The zero-order valence-corrected chi connectivity index (χ0v) is 29.0. The minimum atomic E-state index is 0.326. The van der Waals surface area contributed by atoms with E-state index in [4.69, 9.17) is 19.9 Å². The maximum Gasteiger partial charge on any atom is 0.239 e. The van der Waals surface area contributed by atoms with Gasteiger partial charge in [-0.3, -0.25) is 0 Å². The smallest absolute Gasteiger partial charge is 0.239 e. The topological polar surface area (TPSA) is 147 Å². The van der Waals surface area contributed by atoms with Crippen LogP contribution in [0.2, 0.25) is 0 Å². The van der Waals surface area contributed by atoms with E-state index in [1.165, 1.54) is 0 Å². The van der Waals surface area contributed by atoms with E-state index < -0.39 is 0 Å². The van der Waals surface area contributed by atoms with Crippen LogP contribution in [-0.2, 0) is 0 Å². The van der Waals surface area contributed by atoms with Crippen LogP contribution in [0, 0.1) is 0 Å². The van der Waals surface area contributed by atoms with Crippen molar-refractivity contribution in [3.05, 3.63) is 153 Å². The van der Waals surface area contributed by atoms with E-state index >= 15 is 0 Å². The highest BCUT2D eigenvalue weighted by atomic mass is 15.2. The van der Waals surface area contributed by atoms with Crippen molar-refractivity contribution in [3.8, 4) is 45.5 Å². The molecular formula is C42H29N13. The van der Waals surface area contributed by atoms with Crippen molar-refractivity contribution in [2.45, 2.75) is 0 Å². The van der Waals surface area contributed by atoms with Gasteiger partial charge in [-0.1, -0.05) is 36.4 Å². The number of hydrogen-bond donors (Lipinski definition) is 4. The molecule has 0 saturated heterocycles. The van der Waals surface area contributed by atoms with E-state index in [1.54, 1.807) is 18.5 Å². The standard InChI is InChI=1S/C42H29N13/c1-3-8-28(9-4-1)53-22-32(34(24-53)47-26-14-18-43-20-26)36-30-12-13-31-37(33-23-54(29-10-5-2-6-11-29)25-35(33)48-27-15-19-44-21-27)50-42-52-40(39-45-16-7-17-46-39)51-41(49-36)55(42)38(30)31/h1-25,43-44,47-48H. The van der Waals surface area contributed by atoms with Gasteiger partial charge in [-0.05, 0) is 54.6 Å². The molecule has 0 fully saturated rings. The molecule has 8 heterocycles. The lowest BCUT2D eigenvalue weighted by atomic mass is 10.1. The van der Waals surface area contributed by atoms with Crippen LogP contribution < -0.4 is 10.6 Å². The molecule has 0 spiro atoms. The Labute approximate surface area is 312 Å². The van der Waals surface area contributed by atoms with Crippen molar-refractivity contribution >= 4 is 50.6 Å². The molecule has 0 aliphatic carbocycles. The predicted octanol–water partition coefficient (Wildman–Crippen LogP) is 8.78. The SMILES string of the molecule is c1ccc(-n2cc(Nc3cc[nH]c3)c(-c3nc4nc(-c5ncccn5)nc5nc(-c6cn(-c7ccccc7)cc6Nc6cc[nH]c6)c6ccc3c6n45)c2)cc1. The average molecular weight is 716 g/mol. The zero-order chi connectivity index (χ0) is 36.3. The number of anilines is 4. The summed E-state index contributed by atoms with van der Waals surface area (Å²) in [6.07, 6.45) is 19.4. The summed E-state index contributed by atoms with van der Waals surface area (Å²) in [6, 6.07) is 30.5. The molecule has 0 saturated carbocycles. The van der Waals surface area contributed by atoms with Crippen LogP contribution in [0.25, 0.3) is 73.4 Å². The van der Waals surface area contributed by atoms with Crippen molar-refractivity contribution in [3.63, 3.8) is 0 Å². The summed E-state index contributed by atoms with van der Waals surface area (Å²) >= 11 is 0. The number of aromatic amines is 2. The lowest BCUT2D eigenvalue weighted by Crippen LogP contribution is -2.09. The fourth-order valence-corrected chi connectivity index (χ4v) is 7.19. The van der Waals surface area contributed by atoms with E-state index in [9.17, 15) is 0 Å². The maximum atomic E-state index is 5.28. The molecule has 11 rings (SSSR count). The molecule has 8 aromatic heterocycles. The van der Waals surface area contributed by atoms with Crippen molar-refractivity contribution < 1.29 is 0 Å². The number of hydrogen-bond acceptors (Lipinski definition) is 8. The highest BCUT2D eigenvalue weighted by molar-refractivity contribution is 6.12. The number of nitrogens with one attached hydrogen (secondary N) is 4. The summed E-state index contributed by atoms with van der Waals surface area (Å²) in [4.78, 5) is 35.8. The maximum absolute atomic E-state index is 5.28. The van der Waals surface area contributed by atoms with Crippen LogP contribution in [0.5, 0.6) is 0 Å². The quantitative estimate of drug-likeness (QED) is 0.116. The number of nitrogens with zero attached hydrogens (tertiary/aromatic N) is 9. The number of benzene rings is 2. The third-order valence-electron chi connectivity index (χ3n) is 9.69. The molecule has 0 amide bonds. The minimum absolute atomic E-state index is 0.326. The fraction of sp³-hybridized carbons (Fsp3) is 0. The van der Waals surface area contributed by atoms with Crippen LogP contribution in [-0.4, -0.2) is 53.4 Å². The van der Waals surface area contributed by atoms with Gasteiger partial charge in [-0.2, -0.15) is 9.97 Å². The molecule has 13 nitrogen and oxygen atoms in total. The van der Waals surface area contributed by atoms with Crippen molar-refractivity contribution in [2.75, 3.05) is 10.6 Å². The first-order valence-electron chi connectivity index (χ1n) is 17.7. The lowest BCUT2D eigenvalue weighted by Gasteiger charge is -2.15.